The molecule has 3 aromatic rings. The molecular weight excluding hydrogens is 421 g/mol. The van der Waals surface area contributed by atoms with Crippen LogP contribution in [0.4, 0.5) is 10.1 Å². The van der Waals surface area contributed by atoms with E-state index in [1.54, 1.807) is 24.3 Å². The number of anilines is 1. The Morgan fingerprint density at radius 1 is 1.12 bits per heavy atom. The first-order valence-electron chi connectivity index (χ1n) is 7.34. The number of halogens is 2. The zero-order valence-corrected chi connectivity index (χ0v) is 15.6. The van der Waals surface area contributed by atoms with E-state index < -0.39 is 15.8 Å². The van der Waals surface area contributed by atoms with Gasteiger partial charge < -0.3 is 0 Å². The van der Waals surface area contributed by atoms with Crippen LogP contribution in [0.2, 0.25) is 0 Å². The number of rotatable bonds is 4. The second-order valence-electron chi connectivity index (χ2n) is 5.27. The Bertz CT molecular complexity index is 1110. The van der Waals surface area contributed by atoms with Gasteiger partial charge >= 0.3 is 0 Å². The summed E-state index contributed by atoms with van der Waals surface area (Å²) in [5.41, 5.74) is 0.730. The number of nitrogens with zero attached hydrogens (tertiary/aromatic N) is 2. The molecule has 0 spiro atoms. The smallest absolute Gasteiger partial charge is 0.261 e. The zero-order chi connectivity index (χ0) is 18.7. The standard InChI is InChI=1S/C18H11BrFN3O2S/c19-14-5-7-15(8-6-14)26(24,25)23-17-2-1-9-22-18(17)12-3-4-13(11-21)16(20)10-12/h1-10,23H. The highest BCUT2D eigenvalue weighted by molar-refractivity contribution is 9.10. The summed E-state index contributed by atoms with van der Waals surface area (Å²) in [4.78, 5) is 4.24. The van der Waals surface area contributed by atoms with Gasteiger partial charge in [0, 0.05) is 16.2 Å². The minimum Gasteiger partial charge on any atom is -0.277 e. The Morgan fingerprint density at radius 3 is 2.50 bits per heavy atom. The molecule has 1 N–H and O–H groups in total. The molecule has 0 unspecified atom stereocenters. The van der Waals surface area contributed by atoms with Crippen molar-refractivity contribution in [3.8, 4) is 17.3 Å². The second kappa shape index (κ2) is 7.23. The molecule has 0 saturated carbocycles. The molecule has 26 heavy (non-hydrogen) atoms. The fourth-order valence-corrected chi connectivity index (χ4v) is 3.62. The lowest BCUT2D eigenvalue weighted by Crippen LogP contribution is -2.14. The SMILES string of the molecule is N#Cc1ccc(-c2ncccc2NS(=O)(=O)c2ccc(Br)cc2)cc1F. The van der Waals surface area contributed by atoms with Gasteiger partial charge in [-0.2, -0.15) is 5.26 Å². The van der Waals surface area contributed by atoms with E-state index in [1.165, 1.54) is 36.5 Å². The predicted molar refractivity (Wildman–Crippen MR) is 99.3 cm³/mol. The molecule has 0 aliphatic rings. The molecule has 0 radical (unpaired) electrons. The molecule has 130 valence electrons. The van der Waals surface area contributed by atoms with Gasteiger partial charge in [-0.3, -0.25) is 9.71 Å². The van der Waals surface area contributed by atoms with E-state index in [4.69, 9.17) is 5.26 Å². The molecule has 3 rings (SSSR count). The van der Waals surface area contributed by atoms with Gasteiger partial charge in [-0.1, -0.05) is 22.0 Å². The minimum atomic E-state index is -3.84. The van der Waals surface area contributed by atoms with Crippen LogP contribution in [0, 0.1) is 17.1 Å². The molecule has 0 bridgehead atoms. The lowest BCUT2D eigenvalue weighted by atomic mass is 10.1. The molecular formula is C18H11BrFN3O2S. The van der Waals surface area contributed by atoms with Gasteiger partial charge in [-0.15, -0.1) is 0 Å². The van der Waals surface area contributed by atoms with E-state index in [0.717, 1.165) is 10.5 Å². The van der Waals surface area contributed by atoms with E-state index >= 15 is 0 Å². The third-order valence-electron chi connectivity index (χ3n) is 3.54. The lowest BCUT2D eigenvalue weighted by Gasteiger charge is -2.12. The summed E-state index contributed by atoms with van der Waals surface area (Å²) in [5.74, 6) is -0.697. The summed E-state index contributed by atoms with van der Waals surface area (Å²) in [7, 11) is -3.84. The number of benzene rings is 2. The van der Waals surface area contributed by atoms with Crippen LogP contribution in [0.15, 0.2) is 70.2 Å². The van der Waals surface area contributed by atoms with Crippen molar-refractivity contribution in [3.05, 3.63) is 76.6 Å². The van der Waals surface area contributed by atoms with Crippen LogP contribution in [0.3, 0.4) is 0 Å². The highest BCUT2D eigenvalue weighted by atomic mass is 79.9. The van der Waals surface area contributed by atoms with Crippen LogP contribution in [0.1, 0.15) is 5.56 Å². The summed E-state index contributed by atoms with van der Waals surface area (Å²) in [6.45, 7) is 0. The Labute approximate surface area is 158 Å². The number of pyridine rings is 1. The first-order chi connectivity index (χ1) is 12.4. The highest BCUT2D eigenvalue weighted by Crippen LogP contribution is 2.29. The molecule has 2 aromatic carbocycles. The number of nitriles is 1. The van der Waals surface area contributed by atoms with Gasteiger partial charge in [-0.05, 0) is 48.5 Å². The minimum absolute atomic E-state index is 0.0847. The van der Waals surface area contributed by atoms with Crippen molar-refractivity contribution in [2.24, 2.45) is 0 Å². The Balaban J connectivity index is 2.01. The maximum absolute atomic E-state index is 13.9. The first kappa shape index (κ1) is 18.0. The molecule has 0 saturated heterocycles. The summed E-state index contributed by atoms with van der Waals surface area (Å²) in [6, 6.07) is 15.0. The lowest BCUT2D eigenvalue weighted by molar-refractivity contribution is 0.601. The number of nitrogens with one attached hydrogen (secondary N) is 1. The fourth-order valence-electron chi connectivity index (χ4n) is 2.29. The third-order valence-corrected chi connectivity index (χ3v) is 5.45. The summed E-state index contributed by atoms with van der Waals surface area (Å²) >= 11 is 3.26. The summed E-state index contributed by atoms with van der Waals surface area (Å²) < 4.78 is 42.3. The van der Waals surface area contributed by atoms with Crippen LogP contribution in [0.5, 0.6) is 0 Å². The number of hydrogen-bond acceptors (Lipinski definition) is 4. The Hall–Kier alpha value is -2.76. The quantitative estimate of drug-likeness (QED) is 0.666. The molecule has 0 amide bonds. The fraction of sp³-hybridized carbons (Fsp3) is 0. The van der Waals surface area contributed by atoms with Gasteiger partial charge in [0.25, 0.3) is 10.0 Å². The van der Waals surface area contributed by atoms with Crippen LogP contribution in [0.25, 0.3) is 11.3 Å². The van der Waals surface area contributed by atoms with Gasteiger partial charge in [0.15, 0.2) is 0 Å². The van der Waals surface area contributed by atoms with Crippen molar-refractivity contribution in [2.75, 3.05) is 4.72 Å². The molecule has 1 aromatic heterocycles. The molecule has 0 aliphatic carbocycles. The van der Waals surface area contributed by atoms with Gasteiger partial charge in [0.05, 0.1) is 21.8 Å². The van der Waals surface area contributed by atoms with Crippen molar-refractivity contribution in [2.45, 2.75) is 4.90 Å². The average Bonchev–Trinajstić information content (AvgIpc) is 2.62. The predicted octanol–water partition coefficient (Wildman–Crippen LogP) is 4.32. The summed E-state index contributed by atoms with van der Waals surface area (Å²) in [5, 5.41) is 8.83. The normalized spacial score (nSPS) is 11.0. The van der Waals surface area contributed by atoms with E-state index in [1.807, 2.05) is 0 Å². The maximum Gasteiger partial charge on any atom is 0.261 e. The van der Waals surface area contributed by atoms with E-state index in [2.05, 4.69) is 25.6 Å². The van der Waals surface area contributed by atoms with Crippen LogP contribution < -0.4 is 4.72 Å². The van der Waals surface area contributed by atoms with Crippen LogP contribution in [-0.4, -0.2) is 13.4 Å². The van der Waals surface area contributed by atoms with Gasteiger partial charge in [0.2, 0.25) is 0 Å². The zero-order valence-electron chi connectivity index (χ0n) is 13.1. The Kier molecular flexibility index (Phi) is 5.02. The largest absolute Gasteiger partial charge is 0.277 e. The molecule has 8 heteroatoms. The van der Waals surface area contributed by atoms with Crippen molar-refractivity contribution < 1.29 is 12.8 Å². The Morgan fingerprint density at radius 2 is 1.85 bits per heavy atom. The van der Waals surface area contributed by atoms with E-state index in [-0.39, 0.29) is 21.8 Å². The second-order valence-corrected chi connectivity index (χ2v) is 7.86. The van der Waals surface area contributed by atoms with Crippen LogP contribution in [-0.2, 0) is 10.0 Å². The third kappa shape index (κ3) is 3.74. The molecule has 5 nitrogen and oxygen atoms in total. The van der Waals surface area contributed by atoms with E-state index in [0.29, 0.717) is 5.56 Å². The van der Waals surface area contributed by atoms with Gasteiger partial charge in [-0.25, -0.2) is 12.8 Å². The molecule has 0 fully saturated rings. The molecule has 0 atom stereocenters. The number of hydrogen-bond donors (Lipinski definition) is 1. The number of sulfonamides is 1. The average molecular weight is 432 g/mol. The topological polar surface area (TPSA) is 82.8 Å². The number of aromatic nitrogens is 1. The van der Waals surface area contributed by atoms with Gasteiger partial charge in [0.1, 0.15) is 11.9 Å². The van der Waals surface area contributed by atoms with Crippen molar-refractivity contribution in [1.29, 1.82) is 5.26 Å². The monoisotopic (exact) mass is 431 g/mol. The molecule has 0 aliphatic heterocycles. The molecule has 1 heterocycles. The van der Waals surface area contributed by atoms with Crippen molar-refractivity contribution in [1.82, 2.24) is 4.98 Å². The van der Waals surface area contributed by atoms with Crippen molar-refractivity contribution >= 4 is 31.6 Å². The van der Waals surface area contributed by atoms with E-state index in [9.17, 15) is 12.8 Å². The summed E-state index contributed by atoms with van der Waals surface area (Å²) in [6.07, 6.45) is 1.48. The highest BCUT2D eigenvalue weighted by Gasteiger charge is 2.17. The van der Waals surface area contributed by atoms with Crippen molar-refractivity contribution in [3.63, 3.8) is 0 Å². The maximum atomic E-state index is 13.9. The van der Waals surface area contributed by atoms with Crippen LogP contribution >= 0.6 is 15.9 Å². The first-order valence-corrected chi connectivity index (χ1v) is 9.62.